The highest BCUT2D eigenvalue weighted by Crippen LogP contribution is 2.23. The Hall–Kier alpha value is -3.60. The Balaban J connectivity index is 1.54. The molecule has 146 valence electrons. The van der Waals surface area contributed by atoms with Crippen molar-refractivity contribution in [2.24, 2.45) is 0 Å². The molecule has 2 aromatic heterocycles. The molecule has 0 unspecified atom stereocenters. The second kappa shape index (κ2) is 7.80. The van der Waals surface area contributed by atoms with Gasteiger partial charge in [-0.3, -0.25) is 4.79 Å². The molecule has 0 saturated heterocycles. The first-order chi connectivity index (χ1) is 14.0. The zero-order chi connectivity index (χ0) is 20.4. The number of amides is 1. The van der Waals surface area contributed by atoms with Crippen LogP contribution in [0, 0.1) is 20.8 Å². The van der Waals surface area contributed by atoms with E-state index in [1.54, 1.807) is 12.1 Å². The van der Waals surface area contributed by atoms with Gasteiger partial charge in [-0.25, -0.2) is 4.98 Å². The van der Waals surface area contributed by atoms with Gasteiger partial charge in [0.05, 0.1) is 11.3 Å². The number of rotatable bonds is 5. The molecule has 0 aliphatic rings. The van der Waals surface area contributed by atoms with Gasteiger partial charge in [0.15, 0.2) is 0 Å². The third-order valence-electron chi connectivity index (χ3n) is 5.09. The van der Waals surface area contributed by atoms with Crippen molar-refractivity contribution < 1.29 is 9.53 Å². The Morgan fingerprint density at radius 3 is 2.62 bits per heavy atom. The predicted molar refractivity (Wildman–Crippen MR) is 115 cm³/mol. The van der Waals surface area contributed by atoms with Crippen molar-refractivity contribution in [3.8, 4) is 5.75 Å². The number of fused-ring (bicyclic) bond motifs is 1. The second-order valence-corrected chi connectivity index (χ2v) is 7.14. The number of nitrogens with zero attached hydrogens (tertiary/aromatic N) is 2. The molecule has 2 aromatic carbocycles. The number of para-hydroxylation sites is 1. The number of hydrogen-bond acceptors (Lipinski definition) is 3. The Morgan fingerprint density at radius 1 is 1.00 bits per heavy atom. The smallest absolute Gasteiger partial charge is 0.259 e. The maximum Gasteiger partial charge on any atom is 0.259 e. The number of imidazole rings is 1. The molecule has 0 radical (unpaired) electrons. The minimum Gasteiger partial charge on any atom is -0.486 e. The molecule has 0 saturated carbocycles. The fraction of sp³-hybridized carbons (Fsp3) is 0.167. The zero-order valence-electron chi connectivity index (χ0n) is 16.8. The Bertz CT molecular complexity index is 1190. The molecule has 0 bridgehead atoms. The van der Waals surface area contributed by atoms with Gasteiger partial charge in [0.25, 0.3) is 5.91 Å². The molecule has 0 spiro atoms. The van der Waals surface area contributed by atoms with E-state index in [4.69, 9.17) is 4.74 Å². The number of ether oxygens (including phenoxy) is 1. The largest absolute Gasteiger partial charge is 0.486 e. The van der Waals surface area contributed by atoms with Gasteiger partial charge in [-0.15, -0.1) is 0 Å². The van der Waals surface area contributed by atoms with Crippen molar-refractivity contribution in [3.05, 3.63) is 94.9 Å². The van der Waals surface area contributed by atoms with Crippen molar-refractivity contribution in [3.63, 3.8) is 0 Å². The minimum atomic E-state index is -0.194. The first kappa shape index (κ1) is 18.7. The van der Waals surface area contributed by atoms with E-state index in [1.807, 2.05) is 80.0 Å². The summed E-state index contributed by atoms with van der Waals surface area (Å²) in [6.45, 7) is 6.34. The van der Waals surface area contributed by atoms with E-state index in [1.165, 1.54) is 0 Å². The molecule has 29 heavy (non-hydrogen) atoms. The van der Waals surface area contributed by atoms with E-state index in [0.717, 1.165) is 33.7 Å². The monoisotopic (exact) mass is 385 g/mol. The number of carbonyl (C=O) groups excluding carboxylic acids is 1. The number of anilines is 1. The van der Waals surface area contributed by atoms with Gasteiger partial charge >= 0.3 is 0 Å². The first-order valence-corrected chi connectivity index (χ1v) is 9.55. The van der Waals surface area contributed by atoms with Crippen LogP contribution < -0.4 is 10.1 Å². The second-order valence-electron chi connectivity index (χ2n) is 7.14. The molecule has 2 heterocycles. The van der Waals surface area contributed by atoms with E-state index in [-0.39, 0.29) is 12.5 Å². The maximum atomic E-state index is 12.9. The predicted octanol–water partition coefficient (Wildman–Crippen LogP) is 5.09. The maximum absolute atomic E-state index is 12.9. The molecule has 4 rings (SSSR count). The van der Waals surface area contributed by atoms with E-state index in [9.17, 15) is 4.79 Å². The molecule has 4 aromatic rings. The van der Waals surface area contributed by atoms with E-state index in [2.05, 4.69) is 10.3 Å². The third-order valence-corrected chi connectivity index (χ3v) is 5.09. The van der Waals surface area contributed by atoms with Gasteiger partial charge in [0.2, 0.25) is 0 Å². The summed E-state index contributed by atoms with van der Waals surface area (Å²) >= 11 is 0. The molecule has 1 amide bonds. The number of pyridine rings is 1. The summed E-state index contributed by atoms with van der Waals surface area (Å²) < 4.78 is 7.95. The first-order valence-electron chi connectivity index (χ1n) is 9.55. The number of carbonyl (C=O) groups is 1. The van der Waals surface area contributed by atoms with Crippen LogP contribution in [-0.4, -0.2) is 15.3 Å². The van der Waals surface area contributed by atoms with Gasteiger partial charge in [-0.2, -0.15) is 0 Å². The summed E-state index contributed by atoms with van der Waals surface area (Å²) in [5.74, 6) is 0.337. The van der Waals surface area contributed by atoms with Crippen LogP contribution in [0.3, 0.4) is 0 Å². The molecule has 0 aliphatic carbocycles. The molecule has 5 nitrogen and oxygen atoms in total. The Kier molecular flexibility index (Phi) is 5.04. The van der Waals surface area contributed by atoms with Gasteiger partial charge in [-0.05, 0) is 61.7 Å². The van der Waals surface area contributed by atoms with Gasteiger partial charge in [-0.1, -0.05) is 30.3 Å². The fourth-order valence-corrected chi connectivity index (χ4v) is 3.28. The molecule has 5 heteroatoms. The fourth-order valence-electron chi connectivity index (χ4n) is 3.28. The lowest BCUT2D eigenvalue weighted by Crippen LogP contribution is -2.14. The number of hydrogen-bond donors (Lipinski definition) is 1. The van der Waals surface area contributed by atoms with Crippen LogP contribution >= 0.6 is 0 Å². The van der Waals surface area contributed by atoms with Crippen LogP contribution in [0.4, 0.5) is 5.69 Å². The number of aryl methyl sites for hydroxylation is 2. The minimum absolute atomic E-state index is 0.194. The van der Waals surface area contributed by atoms with Crippen LogP contribution in [0.25, 0.3) is 5.65 Å². The van der Waals surface area contributed by atoms with Crippen LogP contribution in [0.5, 0.6) is 5.75 Å². The van der Waals surface area contributed by atoms with Crippen LogP contribution in [0.15, 0.2) is 67.0 Å². The highest BCUT2D eigenvalue weighted by molar-refractivity contribution is 6.06. The highest BCUT2D eigenvalue weighted by atomic mass is 16.5. The Morgan fingerprint density at radius 2 is 1.79 bits per heavy atom. The highest BCUT2D eigenvalue weighted by Gasteiger charge is 2.14. The van der Waals surface area contributed by atoms with E-state index < -0.39 is 0 Å². The van der Waals surface area contributed by atoms with E-state index in [0.29, 0.717) is 11.3 Å². The van der Waals surface area contributed by atoms with Crippen molar-refractivity contribution in [2.45, 2.75) is 27.4 Å². The molecule has 0 aliphatic heterocycles. The molecule has 0 fully saturated rings. The number of nitrogens with one attached hydrogen (secondary N) is 1. The summed E-state index contributed by atoms with van der Waals surface area (Å²) in [7, 11) is 0. The third kappa shape index (κ3) is 3.85. The summed E-state index contributed by atoms with van der Waals surface area (Å²) in [5.41, 5.74) is 6.31. The van der Waals surface area contributed by atoms with Crippen molar-refractivity contribution in [1.29, 1.82) is 0 Å². The Labute approximate surface area is 170 Å². The standard InChI is InChI=1S/C24H23N3O2/c1-16-8-6-11-21(18(16)3)26-24(28)20-10-4-5-12-22(20)29-15-19-14-27-13-7-9-17(2)23(27)25-19/h4-14H,15H2,1-3H3,(H,26,28). The van der Waals surface area contributed by atoms with Crippen molar-refractivity contribution >= 4 is 17.2 Å². The topological polar surface area (TPSA) is 55.6 Å². The van der Waals surface area contributed by atoms with E-state index >= 15 is 0 Å². The SMILES string of the molecule is Cc1cccc(NC(=O)c2ccccc2OCc2cn3cccc(C)c3n2)c1C. The quantitative estimate of drug-likeness (QED) is 0.520. The molecule has 0 atom stereocenters. The lowest BCUT2D eigenvalue weighted by Gasteiger charge is -2.13. The molecular weight excluding hydrogens is 362 g/mol. The normalized spacial score (nSPS) is 10.9. The zero-order valence-corrected chi connectivity index (χ0v) is 16.8. The van der Waals surface area contributed by atoms with Crippen molar-refractivity contribution in [2.75, 3.05) is 5.32 Å². The number of aromatic nitrogens is 2. The summed E-state index contributed by atoms with van der Waals surface area (Å²) in [6.07, 6.45) is 3.91. The van der Waals surface area contributed by atoms with Gasteiger partial charge < -0.3 is 14.5 Å². The summed E-state index contributed by atoms with van der Waals surface area (Å²) in [4.78, 5) is 17.5. The van der Waals surface area contributed by atoms with Gasteiger partial charge in [0.1, 0.15) is 18.0 Å². The van der Waals surface area contributed by atoms with Crippen LogP contribution in [0.2, 0.25) is 0 Å². The average molecular weight is 385 g/mol. The summed E-state index contributed by atoms with van der Waals surface area (Å²) in [5, 5.41) is 3.00. The molecule has 1 N–H and O–H groups in total. The lowest BCUT2D eigenvalue weighted by atomic mass is 10.1. The molecular formula is C24H23N3O2. The summed E-state index contributed by atoms with van der Waals surface area (Å²) in [6, 6.07) is 17.1. The van der Waals surface area contributed by atoms with Crippen LogP contribution in [0.1, 0.15) is 32.7 Å². The van der Waals surface area contributed by atoms with Crippen molar-refractivity contribution in [1.82, 2.24) is 9.38 Å². The number of benzene rings is 2. The average Bonchev–Trinajstić information content (AvgIpc) is 3.15. The van der Waals surface area contributed by atoms with Gasteiger partial charge in [0, 0.05) is 18.1 Å². The van der Waals surface area contributed by atoms with Crippen LogP contribution in [-0.2, 0) is 6.61 Å². The lowest BCUT2D eigenvalue weighted by molar-refractivity contribution is 0.102.